The van der Waals surface area contributed by atoms with E-state index >= 15 is 0 Å². The molecule has 0 fully saturated rings. The molecule has 98 valence electrons. The van der Waals surface area contributed by atoms with Crippen LogP contribution in [-0.2, 0) is 6.54 Å². The molecule has 1 heterocycles. The van der Waals surface area contributed by atoms with Crippen LogP contribution >= 0.6 is 11.6 Å². The molecule has 0 aliphatic rings. The third kappa shape index (κ3) is 4.09. The van der Waals surface area contributed by atoms with Gasteiger partial charge in [0.2, 0.25) is 5.88 Å². The molecule has 0 saturated heterocycles. The van der Waals surface area contributed by atoms with Gasteiger partial charge in [0.05, 0.1) is 10.7 Å². The van der Waals surface area contributed by atoms with Crippen molar-refractivity contribution in [2.75, 3.05) is 6.61 Å². The SMILES string of the molecule is NCc1nc(OCC=Cc2ccccc2)ccc1Cl. The maximum Gasteiger partial charge on any atom is 0.213 e. The van der Waals surface area contributed by atoms with E-state index in [1.807, 2.05) is 42.5 Å². The fraction of sp³-hybridized carbons (Fsp3) is 0.133. The number of ether oxygens (including phenoxy) is 1. The summed E-state index contributed by atoms with van der Waals surface area (Å²) < 4.78 is 5.51. The Morgan fingerprint density at radius 3 is 2.68 bits per heavy atom. The van der Waals surface area contributed by atoms with Gasteiger partial charge in [-0.15, -0.1) is 0 Å². The molecule has 0 unspecified atom stereocenters. The van der Waals surface area contributed by atoms with E-state index in [-0.39, 0.29) is 0 Å². The summed E-state index contributed by atoms with van der Waals surface area (Å²) in [6.45, 7) is 0.753. The van der Waals surface area contributed by atoms with Gasteiger partial charge in [-0.25, -0.2) is 4.98 Å². The largest absolute Gasteiger partial charge is 0.473 e. The number of hydrogen-bond acceptors (Lipinski definition) is 3. The number of nitrogens with two attached hydrogens (primary N) is 1. The van der Waals surface area contributed by atoms with Crippen LogP contribution in [0.15, 0.2) is 48.5 Å². The minimum absolute atomic E-state index is 0.301. The number of halogens is 1. The Bertz CT molecular complexity index is 555. The molecule has 0 amide bonds. The summed E-state index contributed by atoms with van der Waals surface area (Å²) in [5, 5.41) is 0.565. The van der Waals surface area contributed by atoms with Crippen molar-refractivity contribution in [2.24, 2.45) is 5.73 Å². The quantitative estimate of drug-likeness (QED) is 0.910. The van der Waals surface area contributed by atoms with Gasteiger partial charge in [0.1, 0.15) is 6.61 Å². The standard InChI is InChI=1S/C15H15ClN2O/c16-13-8-9-15(18-14(13)11-17)19-10-4-7-12-5-2-1-3-6-12/h1-9H,10-11,17H2. The smallest absolute Gasteiger partial charge is 0.213 e. The zero-order valence-electron chi connectivity index (χ0n) is 10.4. The molecule has 1 aromatic heterocycles. The Kier molecular flexibility index (Phi) is 4.95. The van der Waals surface area contributed by atoms with Crippen LogP contribution in [0.25, 0.3) is 6.08 Å². The first-order valence-electron chi connectivity index (χ1n) is 5.99. The Hall–Kier alpha value is -1.84. The molecule has 1 aromatic carbocycles. The molecule has 0 aliphatic heterocycles. The van der Waals surface area contributed by atoms with Crippen LogP contribution in [0.4, 0.5) is 0 Å². The number of aromatic nitrogens is 1. The van der Waals surface area contributed by atoms with Crippen LogP contribution in [0.1, 0.15) is 11.3 Å². The minimum Gasteiger partial charge on any atom is -0.473 e. The lowest BCUT2D eigenvalue weighted by Gasteiger charge is -2.05. The number of benzene rings is 1. The van der Waals surface area contributed by atoms with Gasteiger partial charge in [-0.2, -0.15) is 0 Å². The van der Waals surface area contributed by atoms with Gasteiger partial charge in [0.25, 0.3) is 0 Å². The average Bonchev–Trinajstić information content (AvgIpc) is 2.46. The van der Waals surface area contributed by atoms with Gasteiger partial charge in [-0.3, -0.25) is 0 Å². The normalized spacial score (nSPS) is 10.8. The highest BCUT2D eigenvalue weighted by molar-refractivity contribution is 6.31. The lowest BCUT2D eigenvalue weighted by atomic mass is 10.2. The molecule has 4 heteroatoms. The third-order valence-electron chi connectivity index (χ3n) is 2.52. The number of hydrogen-bond donors (Lipinski definition) is 1. The molecule has 19 heavy (non-hydrogen) atoms. The molecule has 2 rings (SSSR count). The molecule has 0 saturated carbocycles. The second kappa shape index (κ2) is 6.92. The third-order valence-corrected chi connectivity index (χ3v) is 2.87. The lowest BCUT2D eigenvalue weighted by Crippen LogP contribution is -2.03. The van der Waals surface area contributed by atoms with Crippen LogP contribution in [0.2, 0.25) is 5.02 Å². The van der Waals surface area contributed by atoms with Crippen LogP contribution in [-0.4, -0.2) is 11.6 Å². The Balaban J connectivity index is 1.91. The first-order chi connectivity index (χ1) is 9.29. The van der Waals surface area contributed by atoms with Crippen molar-refractivity contribution >= 4 is 17.7 Å². The molecular formula is C15H15ClN2O. The summed E-state index contributed by atoms with van der Waals surface area (Å²) in [6.07, 6.45) is 3.94. The molecular weight excluding hydrogens is 260 g/mol. The van der Waals surface area contributed by atoms with Crippen molar-refractivity contribution in [1.29, 1.82) is 0 Å². The van der Waals surface area contributed by atoms with Gasteiger partial charge in [-0.1, -0.05) is 48.0 Å². The van der Waals surface area contributed by atoms with Crippen molar-refractivity contribution in [3.8, 4) is 5.88 Å². The van der Waals surface area contributed by atoms with Gasteiger partial charge in [0.15, 0.2) is 0 Å². The predicted octanol–water partition coefficient (Wildman–Crippen LogP) is 3.29. The average molecular weight is 275 g/mol. The number of pyridine rings is 1. The highest BCUT2D eigenvalue weighted by Crippen LogP contribution is 2.17. The van der Waals surface area contributed by atoms with E-state index in [0.29, 0.717) is 29.7 Å². The zero-order chi connectivity index (χ0) is 13.5. The fourth-order valence-electron chi connectivity index (χ4n) is 1.57. The minimum atomic E-state index is 0.301. The molecule has 0 atom stereocenters. The fourth-order valence-corrected chi connectivity index (χ4v) is 1.75. The molecule has 0 spiro atoms. The number of rotatable bonds is 5. The van der Waals surface area contributed by atoms with E-state index in [4.69, 9.17) is 22.1 Å². The Morgan fingerprint density at radius 1 is 1.16 bits per heavy atom. The maximum absolute atomic E-state index is 5.93. The van der Waals surface area contributed by atoms with Crippen LogP contribution in [0.3, 0.4) is 0 Å². The van der Waals surface area contributed by atoms with E-state index in [9.17, 15) is 0 Å². The van der Waals surface area contributed by atoms with E-state index in [0.717, 1.165) is 5.56 Å². The van der Waals surface area contributed by atoms with Crippen LogP contribution < -0.4 is 10.5 Å². The van der Waals surface area contributed by atoms with Crippen molar-refractivity contribution in [3.63, 3.8) is 0 Å². The van der Waals surface area contributed by atoms with Gasteiger partial charge in [-0.05, 0) is 17.7 Å². The molecule has 0 aliphatic carbocycles. The Labute approximate surface area is 117 Å². The summed E-state index contributed by atoms with van der Waals surface area (Å²) >= 11 is 5.93. The van der Waals surface area contributed by atoms with Gasteiger partial charge >= 0.3 is 0 Å². The van der Waals surface area contributed by atoms with E-state index in [2.05, 4.69) is 4.98 Å². The monoisotopic (exact) mass is 274 g/mol. The summed E-state index contributed by atoms with van der Waals surface area (Å²) in [5.74, 6) is 0.530. The molecule has 2 aromatic rings. The first-order valence-corrected chi connectivity index (χ1v) is 6.37. The van der Waals surface area contributed by atoms with E-state index in [1.54, 1.807) is 12.1 Å². The number of nitrogens with zero attached hydrogens (tertiary/aromatic N) is 1. The summed E-state index contributed by atoms with van der Waals surface area (Å²) in [6, 6.07) is 13.5. The molecule has 2 N–H and O–H groups in total. The summed E-state index contributed by atoms with van der Waals surface area (Å²) in [5.41, 5.74) is 7.32. The van der Waals surface area contributed by atoms with Crippen molar-refractivity contribution in [2.45, 2.75) is 6.54 Å². The second-order valence-electron chi connectivity index (χ2n) is 3.91. The summed E-state index contributed by atoms with van der Waals surface area (Å²) in [4.78, 5) is 4.22. The zero-order valence-corrected chi connectivity index (χ0v) is 11.2. The van der Waals surface area contributed by atoms with E-state index in [1.165, 1.54) is 0 Å². The molecule has 3 nitrogen and oxygen atoms in total. The van der Waals surface area contributed by atoms with Crippen LogP contribution in [0, 0.1) is 0 Å². The van der Waals surface area contributed by atoms with Gasteiger partial charge in [0, 0.05) is 12.6 Å². The van der Waals surface area contributed by atoms with Crippen LogP contribution in [0.5, 0.6) is 5.88 Å². The highest BCUT2D eigenvalue weighted by atomic mass is 35.5. The maximum atomic E-state index is 5.93. The van der Waals surface area contributed by atoms with Crippen molar-refractivity contribution in [1.82, 2.24) is 4.98 Å². The lowest BCUT2D eigenvalue weighted by molar-refractivity contribution is 0.348. The predicted molar refractivity (Wildman–Crippen MR) is 78.1 cm³/mol. The summed E-state index contributed by atoms with van der Waals surface area (Å²) in [7, 11) is 0. The highest BCUT2D eigenvalue weighted by Gasteiger charge is 2.02. The first kappa shape index (κ1) is 13.6. The second-order valence-corrected chi connectivity index (χ2v) is 4.31. The van der Waals surface area contributed by atoms with Crippen molar-refractivity contribution in [3.05, 3.63) is 64.8 Å². The molecule has 0 bridgehead atoms. The topological polar surface area (TPSA) is 48.1 Å². The molecule has 0 radical (unpaired) electrons. The van der Waals surface area contributed by atoms with Crippen molar-refractivity contribution < 1.29 is 4.74 Å². The van der Waals surface area contributed by atoms with Gasteiger partial charge < -0.3 is 10.5 Å². The Morgan fingerprint density at radius 2 is 1.95 bits per heavy atom. The van der Waals surface area contributed by atoms with E-state index < -0.39 is 0 Å².